The molecule has 0 saturated heterocycles. The van der Waals surface area contributed by atoms with Gasteiger partial charge in [0.05, 0.1) is 0 Å². The Bertz CT molecular complexity index is 128. The van der Waals surface area contributed by atoms with Gasteiger partial charge in [-0.3, -0.25) is 0 Å². The van der Waals surface area contributed by atoms with Gasteiger partial charge in [-0.05, 0) is 0 Å². The van der Waals surface area contributed by atoms with E-state index in [1.54, 1.807) is 0 Å². The van der Waals surface area contributed by atoms with Crippen LogP contribution in [0.25, 0.3) is 0 Å². The number of nitrogens with zero attached hydrogens (tertiary/aromatic N) is 2. The van der Waals surface area contributed by atoms with Crippen LogP contribution in [-0.2, 0) is 19.5 Å². The SMILES string of the molecule is O=C(O)N=NC(=O)O.[Zn]. The molecule has 0 bridgehead atoms. The normalized spacial score (nSPS) is 8.44. The van der Waals surface area contributed by atoms with Gasteiger partial charge in [-0.1, -0.05) is 10.2 Å². The van der Waals surface area contributed by atoms with Crippen LogP contribution in [0.5, 0.6) is 0 Å². The predicted molar refractivity (Wildman–Crippen MR) is 20.9 cm³/mol. The largest absolute Gasteiger partial charge is 0.462 e. The molecule has 2 N–H and O–H groups in total. The van der Waals surface area contributed by atoms with E-state index in [1.165, 1.54) is 0 Å². The molecule has 7 heteroatoms. The molecular formula is C2H2N2O4Zn. The third-order valence-electron chi connectivity index (χ3n) is 0.221. The Morgan fingerprint density at radius 1 is 1.00 bits per heavy atom. The smallest absolute Gasteiger partial charge is 0.450 e. The van der Waals surface area contributed by atoms with E-state index in [0.29, 0.717) is 0 Å². The summed E-state index contributed by atoms with van der Waals surface area (Å²) >= 11 is 0. The maximum atomic E-state index is 9.38. The minimum Gasteiger partial charge on any atom is -0.462 e. The summed E-state index contributed by atoms with van der Waals surface area (Å²) in [4.78, 5) is 18.8. The third kappa shape index (κ3) is 11.0. The summed E-state index contributed by atoms with van der Waals surface area (Å²) in [5.41, 5.74) is 0. The molecule has 46 valence electrons. The zero-order valence-corrected chi connectivity index (χ0v) is 7.28. The third-order valence-corrected chi connectivity index (χ3v) is 0.221. The van der Waals surface area contributed by atoms with Gasteiger partial charge in [0.25, 0.3) is 0 Å². The molecule has 0 aliphatic heterocycles. The number of hydrogen-bond acceptors (Lipinski definition) is 2. The molecule has 9 heavy (non-hydrogen) atoms. The van der Waals surface area contributed by atoms with Gasteiger partial charge in [0, 0.05) is 19.5 Å². The Morgan fingerprint density at radius 2 is 1.22 bits per heavy atom. The zero-order chi connectivity index (χ0) is 6.57. The number of azo groups is 1. The molecule has 2 amide bonds. The first-order valence-corrected chi connectivity index (χ1v) is 1.50. The second kappa shape index (κ2) is 5.30. The van der Waals surface area contributed by atoms with E-state index < -0.39 is 12.2 Å². The Labute approximate surface area is 62.3 Å². The first kappa shape index (κ1) is 11.0. The van der Waals surface area contributed by atoms with Crippen molar-refractivity contribution in [1.82, 2.24) is 0 Å². The summed E-state index contributed by atoms with van der Waals surface area (Å²) in [5, 5.41) is 19.8. The van der Waals surface area contributed by atoms with Gasteiger partial charge in [0.1, 0.15) is 0 Å². The molecule has 0 aromatic carbocycles. The average Bonchev–Trinajstić information content (AvgIpc) is 1.61. The van der Waals surface area contributed by atoms with E-state index in [9.17, 15) is 9.59 Å². The van der Waals surface area contributed by atoms with Crippen LogP contribution in [0.4, 0.5) is 9.59 Å². The van der Waals surface area contributed by atoms with Crippen LogP contribution in [0.1, 0.15) is 0 Å². The Kier molecular flexibility index (Phi) is 6.50. The van der Waals surface area contributed by atoms with Crippen molar-refractivity contribution in [3.63, 3.8) is 0 Å². The van der Waals surface area contributed by atoms with E-state index in [4.69, 9.17) is 10.2 Å². The van der Waals surface area contributed by atoms with Gasteiger partial charge in [-0.15, -0.1) is 0 Å². The van der Waals surface area contributed by atoms with Crippen molar-refractivity contribution in [2.75, 3.05) is 0 Å². The molecule has 0 aromatic heterocycles. The van der Waals surface area contributed by atoms with Crippen LogP contribution < -0.4 is 0 Å². The van der Waals surface area contributed by atoms with Crippen molar-refractivity contribution in [1.29, 1.82) is 0 Å². The van der Waals surface area contributed by atoms with Crippen LogP contribution in [0.15, 0.2) is 10.2 Å². The summed E-state index contributed by atoms with van der Waals surface area (Å²) < 4.78 is 0. The number of hydrogen-bond donors (Lipinski definition) is 2. The summed E-state index contributed by atoms with van der Waals surface area (Å²) in [7, 11) is 0. The molecule has 0 unspecified atom stereocenters. The summed E-state index contributed by atoms with van der Waals surface area (Å²) in [5.74, 6) is 0. The fourth-order valence-electron chi connectivity index (χ4n) is 0.0855. The van der Waals surface area contributed by atoms with Crippen molar-refractivity contribution >= 4 is 12.2 Å². The van der Waals surface area contributed by atoms with Crippen molar-refractivity contribution in [3.8, 4) is 0 Å². The van der Waals surface area contributed by atoms with Crippen LogP contribution in [0.3, 0.4) is 0 Å². The van der Waals surface area contributed by atoms with E-state index in [2.05, 4.69) is 10.2 Å². The number of rotatable bonds is 0. The minimum atomic E-state index is -1.62. The predicted octanol–water partition coefficient (Wildman–Crippen LogP) is 0.792. The second-order valence-electron chi connectivity index (χ2n) is 0.765. The monoisotopic (exact) mass is 182 g/mol. The van der Waals surface area contributed by atoms with Gasteiger partial charge in [-0.2, -0.15) is 0 Å². The van der Waals surface area contributed by atoms with Crippen LogP contribution in [-0.4, -0.2) is 22.4 Å². The van der Waals surface area contributed by atoms with Gasteiger partial charge < -0.3 is 10.2 Å². The maximum absolute atomic E-state index is 9.38. The molecule has 0 heterocycles. The molecule has 0 aliphatic rings. The maximum Gasteiger partial charge on any atom is 0.450 e. The molecule has 0 rings (SSSR count). The standard InChI is InChI=1S/C2H2N2O4.Zn/c5-1(6)3-4-2(7)8;/h(H,5,6)(H,7,8);. The first-order valence-electron chi connectivity index (χ1n) is 1.50. The molecule has 0 fully saturated rings. The van der Waals surface area contributed by atoms with Crippen molar-refractivity contribution in [2.24, 2.45) is 10.2 Å². The van der Waals surface area contributed by atoms with Crippen molar-refractivity contribution in [2.45, 2.75) is 0 Å². The quantitative estimate of drug-likeness (QED) is 0.428. The zero-order valence-electron chi connectivity index (χ0n) is 4.31. The average molecular weight is 183 g/mol. The number of carboxylic acid groups (broad SMARTS) is 2. The Hall–Kier alpha value is -0.837. The van der Waals surface area contributed by atoms with Crippen molar-refractivity contribution < 1.29 is 39.3 Å². The van der Waals surface area contributed by atoms with Crippen LogP contribution in [0.2, 0.25) is 0 Å². The minimum absolute atomic E-state index is 0. The molecule has 0 spiro atoms. The number of carbonyl (C=O) groups is 2. The van der Waals surface area contributed by atoms with Gasteiger partial charge in [0.15, 0.2) is 0 Å². The van der Waals surface area contributed by atoms with Gasteiger partial charge in [0.2, 0.25) is 0 Å². The molecule has 0 aliphatic carbocycles. The first-order chi connectivity index (χ1) is 3.63. The van der Waals surface area contributed by atoms with E-state index in [0.717, 1.165) is 0 Å². The van der Waals surface area contributed by atoms with Crippen molar-refractivity contribution in [3.05, 3.63) is 0 Å². The topological polar surface area (TPSA) is 99.3 Å². The second-order valence-corrected chi connectivity index (χ2v) is 0.765. The summed E-state index contributed by atoms with van der Waals surface area (Å²) in [6.45, 7) is 0. The molecule has 0 atom stereocenters. The van der Waals surface area contributed by atoms with E-state index in [1.807, 2.05) is 0 Å². The fourth-order valence-corrected chi connectivity index (χ4v) is 0.0855. The molecular weight excluding hydrogens is 181 g/mol. The molecule has 0 aromatic rings. The Morgan fingerprint density at radius 3 is 1.33 bits per heavy atom. The Balaban J connectivity index is 0. The van der Waals surface area contributed by atoms with E-state index in [-0.39, 0.29) is 19.5 Å². The molecule has 0 radical (unpaired) electrons. The molecule has 6 nitrogen and oxygen atoms in total. The fraction of sp³-hybridized carbons (Fsp3) is 0. The number of amides is 2. The van der Waals surface area contributed by atoms with Gasteiger partial charge >= 0.3 is 12.2 Å². The van der Waals surface area contributed by atoms with Crippen LogP contribution in [0, 0.1) is 0 Å². The summed E-state index contributed by atoms with van der Waals surface area (Å²) in [6.07, 6.45) is -3.24. The summed E-state index contributed by atoms with van der Waals surface area (Å²) in [6, 6.07) is 0. The van der Waals surface area contributed by atoms with E-state index >= 15 is 0 Å². The van der Waals surface area contributed by atoms with Gasteiger partial charge in [-0.25, -0.2) is 9.59 Å². The molecule has 0 saturated carbocycles. The van der Waals surface area contributed by atoms with Crippen LogP contribution >= 0.6 is 0 Å².